The van der Waals surface area contributed by atoms with Gasteiger partial charge in [0.2, 0.25) is 0 Å². The van der Waals surface area contributed by atoms with Crippen LogP contribution < -0.4 is 0 Å². The van der Waals surface area contributed by atoms with Gasteiger partial charge in [0.15, 0.2) is 14.7 Å². The Morgan fingerprint density at radius 3 is 1.24 bits per heavy atom. The molecule has 0 bridgehead atoms. The molecule has 4 aromatic rings. The normalized spacial score (nSPS) is 11.1. The molecule has 0 aliphatic rings. The van der Waals surface area contributed by atoms with Crippen molar-refractivity contribution >= 4 is 21.0 Å². The molecule has 33 heavy (non-hydrogen) atoms. The molecular weight excluding hydrogens is 448 g/mol. The third-order valence-corrected chi connectivity index (χ3v) is 8.51. The highest BCUT2D eigenvalue weighted by atomic mass is 32.2. The van der Waals surface area contributed by atoms with E-state index in [2.05, 4.69) is 93.6 Å². The Morgan fingerprint density at radius 1 is 0.576 bits per heavy atom. The molecule has 0 spiro atoms. The molecule has 0 N–H and O–H groups in total. The van der Waals surface area contributed by atoms with E-state index in [1.54, 1.807) is 30.3 Å². The highest BCUT2D eigenvalue weighted by Crippen LogP contribution is 2.36. The molecule has 0 saturated carbocycles. The van der Waals surface area contributed by atoms with Crippen LogP contribution in [-0.2, 0) is 26.8 Å². The van der Waals surface area contributed by atoms with Gasteiger partial charge in [-0.15, -0.1) is 0 Å². The van der Waals surface area contributed by atoms with Crippen LogP contribution in [0.15, 0.2) is 118 Å². The number of hydrogen-bond donors (Lipinski definition) is 0. The Morgan fingerprint density at radius 2 is 0.909 bits per heavy atom. The molecule has 4 aromatic carbocycles. The van der Waals surface area contributed by atoms with Crippen molar-refractivity contribution in [3.05, 3.63) is 125 Å². The van der Waals surface area contributed by atoms with Crippen LogP contribution >= 0.6 is 0 Å². The SMILES string of the molecule is Cc1ccccc1[S+](c1ccccc1C)c1ccccc1C.O=S(=O)([O-])Cc1ccccc1. The summed E-state index contributed by atoms with van der Waals surface area (Å²) < 4.78 is 30.7. The van der Waals surface area contributed by atoms with E-state index in [0.717, 1.165) is 0 Å². The van der Waals surface area contributed by atoms with Gasteiger partial charge in [-0.25, -0.2) is 8.42 Å². The fourth-order valence-corrected chi connectivity index (χ4v) is 6.62. The predicted molar refractivity (Wildman–Crippen MR) is 136 cm³/mol. The van der Waals surface area contributed by atoms with E-state index in [4.69, 9.17) is 0 Å². The molecule has 4 rings (SSSR count). The van der Waals surface area contributed by atoms with Crippen LogP contribution in [0.5, 0.6) is 0 Å². The number of hydrogen-bond acceptors (Lipinski definition) is 3. The first-order valence-electron chi connectivity index (χ1n) is 10.6. The summed E-state index contributed by atoms with van der Waals surface area (Å²) in [6.07, 6.45) is 0. The lowest BCUT2D eigenvalue weighted by Gasteiger charge is -2.13. The van der Waals surface area contributed by atoms with Gasteiger partial charge in [0.1, 0.15) is 10.9 Å². The maximum atomic E-state index is 10.2. The summed E-state index contributed by atoms with van der Waals surface area (Å²) in [5.41, 5.74) is 4.61. The van der Waals surface area contributed by atoms with Crippen LogP contribution in [0.4, 0.5) is 0 Å². The third-order valence-electron chi connectivity index (χ3n) is 5.13. The molecule has 0 aliphatic heterocycles. The zero-order chi connectivity index (χ0) is 23.8. The van der Waals surface area contributed by atoms with Crippen molar-refractivity contribution in [2.24, 2.45) is 0 Å². The lowest BCUT2D eigenvalue weighted by Crippen LogP contribution is -2.09. The van der Waals surface area contributed by atoms with E-state index in [0.29, 0.717) is 5.56 Å². The van der Waals surface area contributed by atoms with E-state index in [-0.39, 0.29) is 10.9 Å². The van der Waals surface area contributed by atoms with Crippen LogP contribution in [-0.4, -0.2) is 13.0 Å². The molecule has 0 heterocycles. The molecule has 0 saturated heterocycles. The first-order valence-corrected chi connectivity index (χ1v) is 13.4. The van der Waals surface area contributed by atoms with E-state index in [1.807, 2.05) is 0 Å². The van der Waals surface area contributed by atoms with Gasteiger partial charge in [0, 0.05) is 16.7 Å². The minimum absolute atomic E-state index is 0.0494. The fraction of sp³-hybridized carbons (Fsp3) is 0.143. The van der Waals surface area contributed by atoms with Gasteiger partial charge >= 0.3 is 0 Å². The topological polar surface area (TPSA) is 57.2 Å². The van der Waals surface area contributed by atoms with E-state index < -0.39 is 15.9 Å². The van der Waals surface area contributed by atoms with Crippen LogP contribution in [0.1, 0.15) is 22.3 Å². The van der Waals surface area contributed by atoms with Crippen molar-refractivity contribution in [2.45, 2.75) is 41.2 Å². The summed E-state index contributed by atoms with van der Waals surface area (Å²) in [7, 11) is -4.18. The molecule has 0 unspecified atom stereocenters. The molecule has 3 nitrogen and oxygen atoms in total. The lowest BCUT2D eigenvalue weighted by atomic mass is 10.2. The maximum absolute atomic E-state index is 10.2. The van der Waals surface area contributed by atoms with Crippen molar-refractivity contribution in [2.75, 3.05) is 0 Å². The first-order chi connectivity index (χ1) is 15.8. The summed E-state index contributed by atoms with van der Waals surface area (Å²) in [6.45, 7) is 6.64. The second-order valence-electron chi connectivity index (χ2n) is 7.79. The number of aryl methyl sites for hydroxylation is 3. The van der Waals surface area contributed by atoms with Crippen LogP contribution in [0.2, 0.25) is 0 Å². The molecule has 0 atom stereocenters. The van der Waals surface area contributed by atoms with Crippen molar-refractivity contribution < 1.29 is 13.0 Å². The van der Waals surface area contributed by atoms with Crippen LogP contribution in [0.3, 0.4) is 0 Å². The van der Waals surface area contributed by atoms with Crippen molar-refractivity contribution in [3.63, 3.8) is 0 Å². The fourth-order valence-electron chi connectivity index (χ4n) is 3.49. The Hall–Kier alpha value is -2.86. The van der Waals surface area contributed by atoms with Gasteiger partial charge in [-0.1, -0.05) is 84.9 Å². The second kappa shape index (κ2) is 11.3. The van der Waals surface area contributed by atoms with Crippen molar-refractivity contribution in [1.82, 2.24) is 0 Å². The van der Waals surface area contributed by atoms with Gasteiger partial charge in [0.25, 0.3) is 0 Å². The van der Waals surface area contributed by atoms with Gasteiger partial charge in [-0.05, 0) is 44.5 Å². The summed E-state index contributed by atoms with van der Waals surface area (Å²) in [6, 6.07) is 34.7. The zero-order valence-electron chi connectivity index (χ0n) is 19.1. The minimum Gasteiger partial charge on any atom is -0.748 e. The quantitative estimate of drug-likeness (QED) is 0.246. The highest BCUT2D eigenvalue weighted by molar-refractivity contribution is 7.97. The molecule has 170 valence electrons. The van der Waals surface area contributed by atoms with Gasteiger partial charge < -0.3 is 4.55 Å². The molecule has 0 aliphatic carbocycles. The van der Waals surface area contributed by atoms with Gasteiger partial charge in [-0.2, -0.15) is 0 Å². The molecule has 0 radical (unpaired) electrons. The average molecular weight is 477 g/mol. The monoisotopic (exact) mass is 476 g/mol. The van der Waals surface area contributed by atoms with Gasteiger partial charge in [-0.3, -0.25) is 0 Å². The average Bonchev–Trinajstić information content (AvgIpc) is 2.78. The number of benzene rings is 4. The van der Waals surface area contributed by atoms with Crippen LogP contribution in [0.25, 0.3) is 0 Å². The summed E-state index contributed by atoms with van der Waals surface area (Å²) in [5.74, 6) is -0.423. The Bertz CT molecular complexity index is 1190. The minimum atomic E-state index is -4.13. The molecular formula is C28H28O3S2. The molecule has 0 fully saturated rings. The summed E-state index contributed by atoms with van der Waals surface area (Å²) in [4.78, 5) is 4.27. The third kappa shape index (κ3) is 7.06. The summed E-state index contributed by atoms with van der Waals surface area (Å²) in [5, 5.41) is 0. The molecule has 5 heteroatoms. The van der Waals surface area contributed by atoms with E-state index in [1.165, 1.54) is 31.4 Å². The lowest BCUT2D eigenvalue weighted by molar-refractivity contribution is 0.462. The van der Waals surface area contributed by atoms with E-state index >= 15 is 0 Å². The molecule has 0 amide bonds. The standard InChI is InChI=1S/C21H21S.C7H8O3S/c1-16-10-4-7-13-19(16)22(20-14-8-5-11-17(20)2)21-15-9-6-12-18(21)3;8-11(9,10)6-7-4-2-1-3-5-7/h4-15H,1-3H3;1-5H,6H2,(H,8,9,10)/q+1;/p-1. The largest absolute Gasteiger partial charge is 0.748 e. The van der Waals surface area contributed by atoms with Crippen molar-refractivity contribution in [1.29, 1.82) is 0 Å². The zero-order valence-corrected chi connectivity index (χ0v) is 20.7. The Kier molecular flexibility index (Phi) is 8.50. The second-order valence-corrected chi connectivity index (χ2v) is 11.1. The van der Waals surface area contributed by atoms with Gasteiger partial charge in [0.05, 0.1) is 15.9 Å². The highest BCUT2D eigenvalue weighted by Gasteiger charge is 2.32. The smallest absolute Gasteiger partial charge is 0.169 e. The van der Waals surface area contributed by atoms with Crippen LogP contribution in [0, 0.1) is 20.8 Å². The number of rotatable bonds is 5. The maximum Gasteiger partial charge on any atom is 0.169 e. The first kappa shape index (κ1) is 24.8. The summed E-state index contributed by atoms with van der Waals surface area (Å²) >= 11 is 0. The molecule has 0 aromatic heterocycles. The Labute approximate surface area is 200 Å². The Balaban J connectivity index is 0.000000235. The van der Waals surface area contributed by atoms with Crippen molar-refractivity contribution in [3.8, 4) is 0 Å². The van der Waals surface area contributed by atoms with E-state index in [9.17, 15) is 13.0 Å². The predicted octanol–water partition coefficient (Wildman–Crippen LogP) is 6.44.